The maximum Gasteiger partial charge on any atom is 0.147 e. The van der Waals surface area contributed by atoms with Gasteiger partial charge < -0.3 is 9.47 Å². The molecule has 4 nitrogen and oxygen atoms in total. The van der Waals surface area contributed by atoms with Crippen LogP contribution in [0.5, 0.6) is 0 Å². The largest absolute Gasteiger partial charge is 0.334 e. The standard InChI is InChI=1S/C18H23FN4/c1-14-12-16(13-20-22-10-8-21(3)9-11-22)15(2)23(14)18-7-5-4-6-17(18)19/h4-7,12-13H,8-11H2,1-3H3/p+1/b20-13-. The van der Waals surface area contributed by atoms with Crippen LogP contribution in [0.3, 0.4) is 0 Å². The summed E-state index contributed by atoms with van der Waals surface area (Å²) in [6, 6.07) is 8.93. The number of hydrogen-bond donors (Lipinski definition) is 1. The first-order chi connectivity index (χ1) is 11.1. The molecular formula is C18H24FN4+. The van der Waals surface area contributed by atoms with Gasteiger partial charge >= 0.3 is 0 Å². The Labute approximate surface area is 136 Å². The van der Waals surface area contributed by atoms with E-state index < -0.39 is 0 Å². The third-order valence-electron chi connectivity index (χ3n) is 4.52. The van der Waals surface area contributed by atoms with Crippen LogP contribution in [0.15, 0.2) is 35.4 Å². The zero-order valence-corrected chi connectivity index (χ0v) is 14.0. The molecule has 5 heteroatoms. The van der Waals surface area contributed by atoms with Crippen LogP contribution in [0.2, 0.25) is 0 Å². The topological polar surface area (TPSA) is 25.0 Å². The minimum Gasteiger partial charge on any atom is -0.334 e. The number of hydrogen-bond acceptors (Lipinski definition) is 2. The summed E-state index contributed by atoms with van der Waals surface area (Å²) in [5, 5.41) is 6.72. The first-order valence-corrected chi connectivity index (χ1v) is 8.10. The summed E-state index contributed by atoms with van der Waals surface area (Å²) in [7, 11) is 2.21. The highest BCUT2D eigenvalue weighted by atomic mass is 19.1. The first-order valence-electron chi connectivity index (χ1n) is 8.10. The molecular weight excluding hydrogens is 291 g/mol. The van der Waals surface area contributed by atoms with Crippen molar-refractivity contribution >= 4 is 6.21 Å². The number of likely N-dealkylation sites (N-methyl/N-ethyl adjacent to an activating group) is 1. The summed E-state index contributed by atoms with van der Waals surface area (Å²) in [4.78, 5) is 1.55. The van der Waals surface area contributed by atoms with E-state index in [1.807, 2.05) is 30.7 Å². The molecule has 1 saturated heterocycles. The molecule has 2 aromatic rings. The van der Waals surface area contributed by atoms with Crippen molar-refractivity contribution in [2.75, 3.05) is 33.2 Å². The van der Waals surface area contributed by atoms with E-state index in [1.54, 1.807) is 17.0 Å². The fraction of sp³-hybridized carbons (Fsp3) is 0.389. The predicted molar refractivity (Wildman–Crippen MR) is 91.0 cm³/mol. The van der Waals surface area contributed by atoms with Gasteiger partial charge in [0.1, 0.15) is 5.82 Å². The lowest BCUT2D eigenvalue weighted by molar-refractivity contribution is -0.884. The lowest BCUT2D eigenvalue weighted by atomic mass is 10.2. The molecule has 0 radical (unpaired) electrons. The highest BCUT2D eigenvalue weighted by molar-refractivity contribution is 5.82. The number of para-hydroxylation sites is 1. The van der Waals surface area contributed by atoms with Crippen molar-refractivity contribution in [2.45, 2.75) is 13.8 Å². The van der Waals surface area contributed by atoms with Gasteiger partial charge in [0, 0.05) is 17.0 Å². The van der Waals surface area contributed by atoms with Crippen molar-refractivity contribution in [1.82, 2.24) is 9.58 Å². The van der Waals surface area contributed by atoms with Gasteiger partial charge in [-0.1, -0.05) is 12.1 Å². The molecule has 1 aromatic carbocycles. The van der Waals surface area contributed by atoms with E-state index in [2.05, 4.69) is 23.2 Å². The highest BCUT2D eigenvalue weighted by Gasteiger charge is 2.15. The number of halogens is 1. The Hall–Kier alpha value is -2.14. The zero-order chi connectivity index (χ0) is 16.4. The van der Waals surface area contributed by atoms with Crippen LogP contribution >= 0.6 is 0 Å². The Bertz CT molecular complexity index is 712. The van der Waals surface area contributed by atoms with Crippen molar-refractivity contribution < 1.29 is 9.29 Å². The first kappa shape index (κ1) is 15.7. The normalized spacial score (nSPS) is 16.4. The van der Waals surface area contributed by atoms with E-state index in [1.165, 1.54) is 6.07 Å². The van der Waals surface area contributed by atoms with Gasteiger partial charge in [0.15, 0.2) is 0 Å². The molecule has 0 saturated carbocycles. The molecule has 0 bridgehead atoms. The van der Waals surface area contributed by atoms with Gasteiger partial charge in [-0.15, -0.1) is 0 Å². The van der Waals surface area contributed by atoms with Crippen molar-refractivity contribution in [2.24, 2.45) is 5.10 Å². The number of rotatable bonds is 3. The zero-order valence-electron chi connectivity index (χ0n) is 14.0. The average Bonchev–Trinajstić information content (AvgIpc) is 2.82. The average molecular weight is 315 g/mol. The van der Waals surface area contributed by atoms with Crippen LogP contribution in [-0.4, -0.2) is 49.0 Å². The van der Waals surface area contributed by atoms with E-state index in [0.29, 0.717) is 5.69 Å². The molecule has 1 aliphatic heterocycles. The fourth-order valence-electron chi connectivity index (χ4n) is 3.06. The number of benzene rings is 1. The van der Waals surface area contributed by atoms with Gasteiger partial charge in [-0.05, 0) is 32.0 Å². The van der Waals surface area contributed by atoms with Crippen LogP contribution in [-0.2, 0) is 0 Å². The monoisotopic (exact) mass is 315 g/mol. The molecule has 1 aliphatic rings. The van der Waals surface area contributed by atoms with Crippen molar-refractivity contribution in [1.29, 1.82) is 0 Å². The third kappa shape index (κ3) is 3.29. The lowest BCUT2D eigenvalue weighted by Gasteiger charge is -2.27. The number of hydrazone groups is 1. The van der Waals surface area contributed by atoms with Crippen LogP contribution in [0, 0.1) is 19.7 Å². The van der Waals surface area contributed by atoms with Crippen LogP contribution in [0.1, 0.15) is 17.0 Å². The Morgan fingerprint density at radius 2 is 1.87 bits per heavy atom. The summed E-state index contributed by atoms with van der Waals surface area (Å²) < 4.78 is 16.0. The molecule has 0 spiro atoms. The van der Waals surface area contributed by atoms with E-state index in [4.69, 9.17) is 0 Å². The molecule has 0 unspecified atom stereocenters. The van der Waals surface area contributed by atoms with Crippen LogP contribution in [0.4, 0.5) is 4.39 Å². The van der Waals surface area contributed by atoms with Crippen molar-refractivity contribution in [3.8, 4) is 5.69 Å². The molecule has 2 heterocycles. The molecule has 0 aliphatic carbocycles. The molecule has 1 fully saturated rings. The van der Waals surface area contributed by atoms with Gasteiger partial charge in [-0.25, -0.2) is 4.39 Å². The number of aromatic nitrogens is 1. The Balaban J connectivity index is 1.85. The van der Waals surface area contributed by atoms with Gasteiger partial charge in [0.05, 0.1) is 45.1 Å². The van der Waals surface area contributed by atoms with E-state index in [-0.39, 0.29) is 5.82 Å². The summed E-state index contributed by atoms with van der Waals surface area (Å²) in [5.74, 6) is -0.208. The van der Waals surface area contributed by atoms with Crippen molar-refractivity contribution in [3.05, 3.63) is 53.1 Å². The molecule has 1 N–H and O–H groups in total. The van der Waals surface area contributed by atoms with E-state index >= 15 is 0 Å². The Kier molecular flexibility index (Phi) is 4.48. The summed E-state index contributed by atoms with van der Waals surface area (Å²) in [6.07, 6.45) is 1.90. The minimum atomic E-state index is -0.208. The SMILES string of the molecule is Cc1cc(/C=N\N2CC[NH+](C)CC2)c(C)n1-c1ccccc1F. The number of quaternary nitrogens is 1. The second kappa shape index (κ2) is 6.54. The smallest absolute Gasteiger partial charge is 0.147 e. The third-order valence-corrected chi connectivity index (χ3v) is 4.52. The van der Waals surface area contributed by atoms with E-state index in [0.717, 1.165) is 43.1 Å². The fourth-order valence-corrected chi connectivity index (χ4v) is 3.06. The maximum atomic E-state index is 14.1. The molecule has 122 valence electrons. The quantitative estimate of drug-likeness (QED) is 0.851. The number of nitrogens with zero attached hydrogens (tertiary/aromatic N) is 3. The molecule has 0 amide bonds. The maximum absolute atomic E-state index is 14.1. The molecule has 3 rings (SSSR count). The summed E-state index contributed by atoms with van der Waals surface area (Å²) in [6.45, 7) is 8.20. The Morgan fingerprint density at radius 1 is 1.17 bits per heavy atom. The van der Waals surface area contributed by atoms with Gasteiger partial charge in [-0.3, -0.25) is 5.01 Å². The van der Waals surface area contributed by atoms with E-state index in [9.17, 15) is 4.39 Å². The lowest BCUT2D eigenvalue weighted by Crippen LogP contribution is -3.11. The van der Waals surface area contributed by atoms with Gasteiger partial charge in [-0.2, -0.15) is 5.10 Å². The highest BCUT2D eigenvalue weighted by Crippen LogP contribution is 2.21. The summed E-state index contributed by atoms with van der Waals surface area (Å²) >= 11 is 0. The second-order valence-corrected chi connectivity index (χ2v) is 6.27. The number of piperazine rings is 1. The molecule has 0 atom stereocenters. The predicted octanol–water partition coefficient (Wildman–Crippen LogP) is 1.40. The summed E-state index contributed by atoms with van der Waals surface area (Å²) in [5.41, 5.74) is 3.65. The Morgan fingerprint density at radius 3 is 2.57 bits per heavy atom. The number of aryl methyl sites for hydroxylation is 1. The van der Waals surface area contributed by atoms with Crippen LogP contribution in [0.25, 0.3) is 5.69 Å². The minimum absolute atomic E-state index is 0.208. The van der Waals surface area contributed by atoms with Gasteiger partial charge in [0.2, 0.25) is 0 Å². The van der Waals surface area contributed by atoms with Gasteiger partial charge in [0.25, 0.3) is 0 Å². The molecule has 23 heavy (non-hydrogen) atoms. The van der Waals surface area contributed by atoms with Crippen molar-refractivity contribution in [3.63, 3.8) is 0 Å². The van der Waals surface area contributed by atoms with Crippen LogP contribution < -0.4 is 4.90 Å². The molecule has 1 aromatic heterocycles. The second-order valence-electron chi connectivity index (χ2n) is 6.27. The number of nitrogens with one attached hydrogen (secondary N) is 1.